The number of benzene rings is 9. The minimum Gasteiger partial charge on any atom is -0.308 e. The van der Waals surface area contributed by atoms with E-state index in [1.807, 2.05) is 133 Å². The Morgan fingerprint density at radius 2 is 0.639 bits per heavy atom. The molecular formula is C62H32N10. The van der Waals surface area contributed by atoms with Crippen LogP contribution in [0.5, 0.6) is 0 Å². The summed E-state index contributed by atoms with van der Waals surface area (Å²) in [6, 6.07) is 73.6. The van der Waals surface area contributed by atoms with Crippen LogP contribution in [-0.4, -0.2) is 24.1 Å². The summed E-state index contributed by atoms with van der Waals surface area (Å²) in [4.78, 5) is 15.4. The number of fused-ring (bicyclic) bond motifs is 6. The van der Waals surface area contributed by atoms with E-state index in [9.17, 15) is 26.3 Å². The normalized spacial score (nSPS) is 11.0. The Balaban J connectivity index is 1.17. The van der Waals surface area contributed by atoms with Crippen LogP contribution in [0.25, 0.3) is 111 Å². The zero-order valence-electron chi connectivity index (χ0n) is 37.9. The zero-order chi connectivity index (χ0) is 48.9. The fraction of sp³-hybridized carbons (Fsp3) is 0. The quantitative estimate of drug-likeness (QED) is 0.152. The van der Waals surface area contributed by atoms with Gasteiger partial charge in [-0.25, -0.2) is 15.0 Å². The molecule has 0 amide bonds. The first-order valence-electron chi connectivity index (χ1n) is 22.9. The Morgan fingerprint density at radius 1 is 0.278 bits per heavy atom. The largest absolute Gasteiger partial charge is 0.308 e. The Morgan fingerprint density at radius 3 is 1.03 bits per heavy atom. The molecule has 0 saturated heterocycles. The smallest absolute Gasteiger partial charge is 0.164 e. The van der Waals surface area contributed by atoms with Crippen LogP contribution in [0.3, 0.4) is 0 Å². The molecule has 0 saturated carbocycles. The second-order valence-electron chi connectivity index (χ2n) is 17.3. The second kappa shape index (κ2) is 17.3. The monoisotopic (exact) mass is 916 g/mol. The van der Waals surface area contributed by atoms with E-state index in [-0.39, 0.29) is 0 Å². The van der Waals surface area contributed by atoms with Crippen molar-refractivity contribution in [1.82, 2.24) is 24.1 Å². The highest BCUT2D eigenvalue weighted by Crippen LogP contribution is 2.42. The van der Waals surface area contributed by atoms with E-state index in [0.717, 1.165) is 77.0 Å². The van der Waals surface area contributed by atoms with Crippen molar-refractivity contribution < 1.29 is 0 Å². The van der Waals surface area contributed by atoms with Gasteiger partial charge in [-0.3, -0.25) is 0 Å². The molecule has 72 heavy (non-hydrogen) atoms. The van der Waals surface area contributed by atoms with E-state index in [1.54, 1.807) is 36.4 Å². The third-order valence-electron chi connectivity index (χ3n) is 13.0. The predicted molar refractivity (Wildman–Crippen MR) is 279 cm³/mol. The number of hydrogen-bond donors (Lipinski definition) is 0. The number of nitrogens with zero attached hydrogens (tertiary/aromatic N) is 10. The Bertz CT molecular complexity index is 4120. The molecule has 12 rings (SSSR count). The molecule has 0 aliphatic rings. The first-order chi connectivity index (χ1) is 35.4. The molecule has 10 nitrogen and oxygen atoms in total. The fourth-order valence-corrected chi connectivity index (χ4v) is 9.82. The van der Waals surface area contributed by atoms with Gasteiger partial charge in [-0.15, -0.1) is 0 Å². The third-order valence-corrected chi connectivity index (χ3v) is 13.0. The SMILES string of the molecule is N#Cc1cc(C#N)cc(-c2ccc3c(c2)c2ccccc2n3-c2cc(-c3nc(-c4ccccc4)nc(-c4ccccc4)n3)cc(-n3c4ccccc4c4cc(-c5cc(C#N)cc(C#N)c5)ccc43)c2C#N)c1. The standard InChI is InChI=1S/C62H32N10/c63-33-38-23-39(34-64)26-46(25-38)44-19-21-56-51(29-44)49-15-7-9-17-54(49)71(56)58-31-48(62-69-60(42-11-3-1-4-12-42)68-61(70-62)43-13-5-2-6-14-43)32-59(53(58)37-67)72-55-18-10-8-16-50(55)52-30-45(20-22-57(52)72)47-27-40(35-65)24-41(28-47)36-66/h1-32H. The number of para-hydroxylation sites is 2. The fourth-order valence-electron chi connectivity index (χ4n) is 9.82. The summed E-state index contributed by atoms with van der Waals surface area (Å²) < 4.78 is 4.23. The molecule has 0 unspecified atom stereocenters. The van der Waals surface area contributed by atoms with E-state index in [0.29, 0.717) is 62.2 Å². The Kier molecular flexibility index (Phi) is 10.2. The van der Waals surface area contributed by atoms with Gasteiger partial charge in [-0.05, 0) is 107 Å². The molecule has 330 valence electrons. The summed E-state index contributed by atoms with van der Waals surface area (Å²) >= 11 is 0. The molecule has 0 aliphatic heterocycles. The van der Waals surface area contributed by atoms with Crippen LogP contribution in [-0.2, 0) is 0 Å². The highest BCUT2D eigenvalue weighted by atomic mass is 15.1. The summed E-state index contributed by atoms with van der Waals surface area (Å²) in [5, 5.41) is 54.8. The first-order valence-corrected chi connectivity index (χ1v) is 22.9. The molecule has 10 heteroatoms. The maximum atomic E-state index is 11.7. The molecule has 0 N–H and O–H groups in total. The van der Waals surface area contributed by atoms with Crippen molar-refractivity contribution in [2.75, 3.05) is 0 Å². The molecule has 9 aromatic carbocycles. The van der Waals surface area contributed by atoms with Gasteiger partial charge in [0, 0.05) is 38.2 Å². The van der Waals surface area contributed by atoms with Gasteiger partial charge in [0.05, 0.1) is 80.0 Å². The molecule has 12 aromatic rings. The van der Waals surface area contributed by atoms with Gasteiger partial charge < -0.3 is 9.13 Å². The molecular weight excluding hydrogens is 885 g/mol. The Labute approximate surface area is 412 Å². The first kappa shape index (κ1) is 42.4. The molecule has 3 heterocycles. The summed E-state index contributed by atoms with van der Waals surface area (Å²) in [5.74, 6) is 1.37. The maximum Gasteiger partial charge on any atom is 0.164 e. The van der Waals surface area contributed by atoms with Crippen molar-refractivity contribution in [3.63, 3.8) is 0 Å². The minimum atomic E-state index is 0.388. The number of hydrogen-bond acceptors (Lipinski definition) is 8. The van der Waals surface area contributed by atoms with Crippen molar-refractivity contribution in [3.05, 3.63) is 222 Å². The highest BCUT2D eigenvalue weighted by molar-refractivity contribution is 6.12. The second-order valence-corrected chi connectivity index (χ2v) is 17.3. The average Bonchev–Trinajstić information content (AvgIpc) is 3.96. The van der Waals surface area contributed by atoms with Gasteiger partial charge in [0.25, 0.3) is 0 Å². The summed E-state index contributed by atoms with van der Waals surface area (Å²) in [5.41, 5.74) is 11.9. The molecule has 3 aromatic heterocycles. The molecule has 0 spiro atoms. The van der Waals surface area contributed by atoms with Gasteiger partial charge in [0.1, 0.15) is 11.6 Å². The molecule has 0 aliphatic carbocycles. The topological polar surface area (TPSA) is 167 Å². The number of nitriles is 5. The van der Waals surface area contributed by atoms with E-state index in [4.69, 9.17) is 15.0 Å². The van der Waals surface area contributed by atoms with Crippen LogP contribution in [0.4, 0.5) is 0 Å². The van der Waals surface area contributed by atoms with Gasteiger partial charge >= 0.3 is 0 Å². The minimum absolute atomic E-state index is 0.388. The zero-order valence-corrected chi connectivity index (χ0v) is 37.9. The lowest BCUT2D eigenvalue weighted by Gasteiger charge is -2.18. The van der Waals surface area contributed by atoms with Crippen LogP contribution in [0.2, 0.25) is 0 Å². The van der Waals surface area contributed by atoms with Crippen LogP contribution in [0, 0.1) is 56.7 Å². The number of aromatic nitrogens is 5. The van der Waals surface area contributed by atoms with Crippen LogP contribution in [0.15, 0.2) is 194 Å². The van der Waals surface area contributed by atoms with Crippen molar-refractivity contribution in [3.8, 4) is 98.1 Å². The Hall–Kier alpha value is -11.0. The van der Waals surface area contributed by atoms with E-state index in [1.165, 1.54) is 0 Å². The summed E-state index contributed by atoms with van der Waals surface area (Å²) in [7, 11) is 0. The van der Waals surface area contributed by atoms with Gasteiger partial charge in [-0.2, -0.15) is 26.3 Å². The maximum absolute atomic E-state index is 11.7. The van der Waals surface area contributed by atoms with Crippen molar-refractivity contribution in [1.29, 1.82) is 26.3 Å². The lowest BCUT2D eigenvalue weighted by atomic mass is 9.98. The van der Waals surface area contributed by atoms with Crippen molar-refractivity contribution in [2.24, 2.45) is 0 Å². The van der Waals surface area contributed by atoms with E-state index >= 15 is 0 Å². The molecule has 0 radical (unpaired) electrons. The van der Waals surface area contributed by atoms with Crippen LogP contribution in [0.1, 0.15) is 27.8 Å². The number of rotatable bonds is 7. The van der Waals surface area contributed by atoms with Crippen molar-refractivity contribution in [2.45, 2.75) is 0 Å². The van der Waals surface area contributed by atoms with Gasteiger partial charge in [-0.1, -0.05) is 109 Å². The van der Waals surface area contributed by atoms with Crippen LogP contribution >= 0.6 is 0 Å². The highest BCUT2D eigenvalue weighted by Gasteiger charge is 2.25. The van der Waals surface area contributed by atoms with Crippen LogP contribution < -0.4 is 0 Å². The summed E-state index contributed by atoms with van der Waals surface area (Å²) in [6.07, 6.45) is 0. The third kappa shape index (κ3) is 7.13. The molecule has 0 bridgehead atoms. The van der Waals surface area contributed by atoms with Gasteiger partial charge in [0.2, 0.25) is 0 Å². The van der Waals surface area contributed by atoms with E-state index < -0.39 is 0 Å². The molecule has 0 fully saturated rings. The predicted octanol–water partition coefficient (Wildman–Crippen LogP) is 13.8. The summed E-state index contributed by atoms with van der Waals surface area (Å²) in [6.45, 7) is 0. The lowest BCUT2D eigenvalue weighted by Crippen LogP contribution is -2.07. The van der Waals surface area contributed by atoms with E-state index in [2.05, 4.69) is 63.7 Å². The molecule has 0 atom stereocenters. The van der Waals surface area contributed by atoms with Crippen molar-refractivity contribution >= 4 is 43.6 Å². The lowest BCUT2D eigenvalue weighted by molar-refractivity contribution is 1.06. The van der Waals surface area contributed by atoms with Gasteiger partial charge in [0.15, 0.2) is 17.5 Å². The average molecular weight is 917 g/mol.